The third kappa shape index (κ3) is 2.86. The van der Waals surface area contributed by atoms with E-state index in [-0.39, 0.29) is 12.5 Å². The van der Waals surface area contributed by atoms with Gasteiger partial charge in [-0.1, -0.05) is 0 Å². The quantitative estimate of drug-likeness (QED) is 0.788. The molecule has 0 radical (unpaired) electrons. The van der Waals surface area contributed by atoms with Crippen LogP contribution >= 0.6 is 0 Å². The second-order valence-corrected chi connectivity index (χ2v) is 3.60. The average Bonchev–Trinajstić information content (AvgIpc) is 2.22. The fourth-order valence-electron chi connectivity index (χ4n) is 1.30. The third-order valence-corrected chi connectivity index (χ3v) is 1.96. The van der Waals surface area contributed by atoms with Gasteiger partial charge in [-0.15, -0.1) is 0 Å². The van der Waals surface area contributed by atoms with Gasteiger partial charge in [0.15, 0.2) is 11.5 Å². The second kappa shape index (κ2) is 5.36. The van der Waals surface area contributed by atoms with Crippen LogP contribution in [0.3, 0.4) is 0 Å². The highest BCUT2D eigenvalue weighted by atomic mass is 19.1. The first-order valence-corrected chi connectivity index (χ1v) is 4.98. The highest BCUT2D eigenvalue weighted by molar-refractivity contribution is 5.44. The molecule has 0 N–H and O–H groups in total. The normalized spacial score (nSPS) is 10.0. The lowest BCUT2D eigenvalue weighted by molar-refractivity contribution is 0.229. The molecule has 0 saturated carbocycles. The number of hydrogen-bond donors (Lipinski definition) is 0. The van der Waals surface area contributed by atoms with Gasteiger partial charge in [-0.3, -0.25) is 0 Å². The average molecular weight is 223 g/mol. The number of nitrogens with zero attached hydrogens (tertiary/aromatic N) is 1. The monoisotopic (exact) mass is 223 g/mol. The van der Waals surface area contributed by atoms with Crippen molar-refractivity contribution in [3.05, 3.63) is 23.5 Å². The van der Waals surface area contributed by atoms with Crippen molar-refractivity contribution < 1.29 is 13.9 Å². The summed E-state index contributed by atoms with van der Waals surface area (Å²) in [6.07, 6.45) is -0.0149. The van der Waals surface area contributed by atoms with Crippen LogP contribution in [0.15, 0.2) is 12.1 Å². The molecule has 0 amide bonds. The number of methoxy groups -OCH3 is 1. The van der Waals surface area contributed by atoms with Crippen molar-refractivity contribution in [2.24, 2.45) is 0 Å². The summed E-state index contributed by atoms with van der Waals surface area (Å²) in [6, 6.07) is 4.66. The van der Waals surface area contributed by atoms with Crippen molar-refractivity contribution in [1.29, 1.82) is 5.26 Å². The van der Waals surface area contributed by atoms with E-state index in [9.17, 15) is 4.39 Å². The lowest BCUT2D eigenvalue weighted by Gasteiger charge is -2.14. The summed E-state index contributed by atoms with van der Waals surface area (Å²) < 4.78 is 23.9. The predicted octanol–water partition coefficient (Wildman–Crippen LogP) is 2.69. The number of ether oxygens (including phenoxy) is 2. The zero-order valence-electron chi connectivity index (χ0n) is 9.58. The molecule has 0 aliphatic heterocycles. The van der Waals surface area contributed by atoms with Crippen molar-refractivity contribution in [2.75, 3.05) is 7.11 Å². The minimum atomic E-state index is -0.450. The van der Waals surface area contributed by atoms with Crippen LogP contribution in [0, 0.1) is 17.1 Å². The fourth-order valence-corrected chi connectivity index (χ4v) is 1.30. The van der Waals surface area contributed by atoms with E-state index >= 15 is 0 Å². The van der Waals surface area contributed by atoms with Crippen molar-refractivity contribution in [1.82, 2.24) is 0 Å². The molecular formula is C12H14FNO2. The van der Waals surface area contributed by atoms with E-state index in [1.54, 1.807) is 0 Å². The Bertz CT molecular complexity index is 410. The smallest absolute Gasteiger partial charge is 0.163 e. The first-order valence-electron chi connectivity index (χ1n) is 4.98. The fraction of sp³-hybridized carbons (Fsp3) is 0.417. The highest BCUT2D eigenvalue weighted by Crippen LogP contribution is 2.31. The Balaban J connectivity index is 3.13. The van der Waals surface area contributed by atoms with Gasteiger partial charge in [-0.05, 0) is 19.9 Å². The molecule has 4 heteroatoms. The van der Waals surface area contributed by atoms with Gasteiger partial charge in [0.05, 0.1) is 25.7 Å². The Morgan fingerprint density at radius 3 is 2.56 bits per heavy atom. The Labute approximate surface area is 94.4 Å². The maximum absolute atomic E-state index is 13.5. The molecule has 1 rings (SSSR count). The first kappa shape index (κ1) is 12.3. The molecule has 0 bridgehead atoms. The van der Waals surface area contributed by atoms with E-state index in [0.717, 1.165) is 0 Å². The summed E-state index contributed by atoms with van der Waals surface area (Å²) >= 11 is 0. The molecule has 0 aliphatic carbocycles. The van der Waals surface area contributed by atoms with Crippen LogP contribution in [0.1, 0.15) is 19.4 Å². The summed E-state index contributed by atoms with van der Waals surface area (Å²) in [4.78, 5) is 0. The standard InChI is InChI=1S/C12H14FNO2/c1-8(2)16-12-6-9(4-5-14)10(13)7-11(12)15-3/h6-8H,4H2,1-3H3. The zero-order valence-corrected chi connectivity index (χ0v) is 9.58. The van der Waals surface area contributed by atoms with Crippen LogP contribution in [0.25, 0.3) is 0 Å². The summed E-state index contributed by atoms with van der Waals surface area (Å²) in [5, 5.41) is 8.55. The molecular weight excluding hydrogens is 209 g/mol. The SMILES string of the molecule is COc1cc(F)c(CC#N)cc1OC(C)C. The van der Waals surface area contributed by atoms with Crippen LogP contribution in [0.4, 0.5) is 4.39 Å². The summed E-state index contributed by atoms with van der Waals surface area (Å²) in [7, 11) is 1.45. The summed E-state index contributed by atoms with van der Waals surface area (Å²) in [6.45, 7) is 3.74. The minimum absolute atomic E-state index is 0.0181. The van der Waals surface area contributed by atoms with Crippen LogP contribution < -0.4 is 9.47 Å². The van der Waals surface area contributed by atoms with E-state index in [1.165, 1.54) is 19.2 Å². The predicted molar refractivity (Wildman–Crippen MR) is 58.0 cm³/mol. The lowest BCUT2D eigenvalue weighted by Crippen LogP contribution is -2.07. The number of nitriles is 1. The molecule has 0 atom stereocenters. The van der Waals surface area contributed by atoms with E-state index in [0.29, 0.717) is 17.1 Å². The van der Waals surface area contributed by atoms with Gasteiger partial charge in [0.25, 0.3) is 0 Å². The maximum Gasteiger partial charge on any atom is 0.163 e. The largest absolute Gasteiger partial charge is 0.493 e. The highest BCUT2D eigenvalue weighted by Gasteiger charge is 2.12. The Morgan fingerprint density at radius 2 is 2.06 bits per heavy atom. The van der Waals surface area contributed by atoms with Gasteiger partial charge in [0, 0.05) is 11.6 Å². The first-order chi connectivity index (χ1) is 7.58. The summed E-state index contributed by atoms with van der Waals surface area (Å²) in [5.74, 6) is 0.353. The molecule has 0 fully saturated rings. The van der Waals surface area contributed by atoms with Crippen molar-refractivity contribution in [2.45, 2.75) is 26.4 Å². The molecule has 0 aliphatic rings. The molecule has 1 aromatic rings. The minimum Gasteiger partial charge on any atom is -0.493 e. The Kier molecular flexibility index (Phi) is 4.12. The molecule has 0 heterocycles. The van der Waals surface area contributed by atoms with Crippen molar-refractivity contribution in [3.8, 4) is 17.6 Å². The van der Waals surface area contributed by atoms with E-state index in [1.807, 2.05) is 19.9 Å². The zero-order chi connectivity index (χ0) is 12.1. The molecule has 0 saturated heterocycles. The van der Waals surface area contributed by atoms with E-state index in [2.05, 4.69) is 0 Å². The molecule has 16 heavy (non-hydrogen) atoms. The summed E-state index contributed by atoms with van der Waals surface area (Å²) in [5.41, 5.74) is 0.318. The van der Waals surface area contributed by atoms with Gasteiger partial charge < -0.3 is 9.47 Å². The molecule has 1 aromatic carbocycles. The van der Waals surface area contributed by atoms with Crippen molar-refractivity contribution >= 4 is 0 Å². The lowest BCUT2D eigenvalue weighted by atomic mass is 10.1. The third-order valence-electron chi connectivity index (χ3n) is 1.96. The molecule has 0 aromatic heterocycles. The van der Waals surface area contributed by atoms with Crippen LogP contribution in [0.2, 0.25) is 0 Å². The molecule has 86 valence electrons. The van der Waals surface area contributed by atoms with Crippen LogP contribution in [-0.2, 0) is 6.42 Å². The topological polar surface area (TPSA) is 42.2 Å². The molecule has 3 nitrogen and oxygen atoms in total. The Morgan fingerprint density at radius 1 is 1.38 bits per heavy atom. The number of rotatable bonds is 4. The Hall–Kier alpha value is -1.76. The van der Waals surface area contributed by atoms with Gasteiger partial charge in [0.1, 0.15) is 5.82 Å². The van der Waals surface area contributed by atoms with E-state index in [4.69, 9.17) is 14.7 Å². The van der Waals surface area contributed by atoms with Gasteiger partial charge in [-0.2, -0.15) is 5.26 Å². The van der Waals surface area contributed by atoms with Crippen LogP contribution in [-0.4, -0.2) is 13.2 Å². The number of halogens is 1. The maximum atomic E-state index is 13.5. The number of hydrogen-bond acceptors (Lipinski definition) is 3. The number of benzene rings is 1. The second-order valence-electron chi connectivity index (χ2n) is 3.60. The van der Waals surface area contributed by atoms with Gasteiger partial charge in [0.2, 0.25) is 0 Å². The van der Waals surface area contributed by atoms with Gasteiger partial charge >= 0.3 is 0 Å². The van der Waals surface area contributed by atoms with Crippen LogP contribution in [0.5, 0.6) is 11.5 Å². The van der Waals surface area contributed by atoms with Crippen molar-refractivity contribution in [3.63, 3.8) is 0 Å². The van der Waals surface area contributed by atoms with Gasteiger partial charge in [-0.25, -0.2) is 4.39 Å². The molecule has 0 unspecified atom stereocenters. The molecule has 0 spiro atoms. The van der Waals surface area contributed by atoms with E-state index < -0.39 is 5.82 Å².